The summed E-state index contributed by atoms with van der Waals surface area (Å²) in [5.74, 6) is 0.746. The molecule has 0 radical (unpaired) electrons. The van der Waals surface area contributed by atoms with Crippen molar-refractivity contribution in [3.05, 3.63) is 0 Å². The van der Waals surface area contributed by atoms with Gasteiger partial charge in [-0.2, -0.15) is 11.8 Å². The monoisotopic (exact) mass is 259 g/mol. The first-order chi connectivity index (χ1) is 8.06. The second-order valence-electron chi connectivity index (χ2n) is 3.94. The minimum absolute atomic E-state index is 0.0865. The lowest BCUT2D eigenvalue weighted by Crippen LogP contribution is -2.31. The summed E-state index contributed by atoms with van der Waals surface area (Å²) in [6.45, 7) is 2.24. The third-order valence-corrected chi connectivity index (χ3v) is 3.79. The molecular weight excluding hydrogens is 242 g/mol. The maximum atomic E-state index is 11.3. The summed E-state index contributed by atoms with van der Waals surface area (Å²) in [5.41, 5.74) is 0. The quantitative estimate of drug-likeness (QED) is 0.399. The van der Waals surface area contributed by atoms with Gasteiger partial charge in [-0.3, -0.25) is 19.3 Å². The van der Waals surface area contributed by atoms with Crippen LogP contribution in [-0.2, 0) is 19.1 Å². The molecule has 17 heavy (non-hydrogen) atoms. The maximum Gasteiger partial charge on any atom is 0.309 e. The number of carbonyl (C=O) groups excluding carboxylic acids is 3. The number of esters is 1. The molecule has 0 aromatic heterocycles. The molecule has 1 atom stereocenters. The first-order valence-corrected chi connectivity index (χ1v) is 6.70. The van der Waals surface area contributed by atoms with Crippen LogP contribution in [0.3, 0.4) is 0 Å². The Hall–Kier alpha value is -1.04. The van der Waals surface area contributed by atoms with Gasteiger partial charge in [0.2, 0.25) is 11.8 Å². The Labute approximate surface area is 105 Å². The summed E-state index contributed by atoms with van der Waals surface area (Å²) in [7, 11) is 1.37. The van der Waals surface area contributed by atoms with Crippen molar-refractivity contribution in [1.82, 2.24) is 4.90 Å². The molecule has 0 N–H and O–H groups in total. The number of nitrogens with zero attached hydrogens (tertiary/aromatic N) is 1. The molecule has 0 bridgehead atoms. The van der Waals surface area contributed by atoms with Crippen LogP contribution in [0.5, 0.6) is 0 Å². The van der Waals surface area contributed by atoms with Gasteiger partial charge in [0, 0.05) is 30.9 Å². The molecule has 1 heterocycles. The zero-order valence-electron chi connectivity index (χ0n) is 10.1. The second kappa shape index (κ2) is 6.64. The van der Waals surface area contributed by atoms with Crippen molar-refractivity contribution >= 4 is 29.5 Å². The maximum absolute atomic E-state index is 11.3. The van der Waals surface area contributed by atoms with E-state index in [1.54, 1.807) is 18.7 Å². The van der Waals surface area contributed by atoms with E-state index in [9.17, 15) is 14.4 Å². The molecule has 6 heteroatoms. The van der Waals surface area contributed by atoms with Gasteiger partial charge in [0.15, 0.2) is 0 Å². The highest BCUT2D eigenvalue weighted by Gasteiger charge is 2.28. The van der Waals surface area contributed by atoms with Crippen molar-refractivity contribution < 1.29 is 19.1 Å². The largest absolute Gasteiger partial charge is 0.469 e. The highest BCUT2D eigenvalue weighted by Crippen LogP contribution is 2.14. The predicted octanol–water partition coefficient (Wildman–Crippen LogP) is 0.678. The molecule has 0 spiro atoms. The number of likely N-dealkylation sites (tertiary alicyclic amines) is 1. The fraction of sp³-hybridized carbons (Fsp3) is 0.727. The lowest BCUT2D eigenvalue weighted by molar-refractivity contribution is -0.144. The minimum atomic E-state index is -0.231. The van der Waals surface area contributed by atoms with Crippen molar-refractivity contribution in [2.24, 2.45) is 5.92 Å². The van der Waals surface area contributed by atoms with E-state index < -0.39 is 0 Å². The lowest BCUT2D eigenvalue weighted by atomic mass is 10.2. The van der Waals surface area contributed by atoms with Crippen molar-refractivity contribution in [2.45, 2.75) is 19.8 Å². The molecule has 0 aromatic carbocycles. The Kier molecular flexibility index (Phi) is 5.47. The van der Waals surface area contributed by atoms with Gasteiger partial charge in [0.1, 0.15) is 0 Å². The minimum Gasteiger partial charge on any atom is -0.469 e. The molecule has 0 saturated carbocycles. The Bertz CT molecular complexity index is 303. The van der Waals surface area contributed by atoms with Crippen molar-refractivity contribution in [3.8, 4) is 0 Å². The van der Waals surface area contributed by atoms with Crippen LogP contribution in [0.15, 0.2) is 0 Å². The number of thioether (sulfide) groups is 1. The van der Waals surface area contributed by atoms with Gasteiger partial charge in [-0.15, -0.1) is 0 Å². The predicted molar refractivity (Wildman–Crippen MR) is 64.5 cm³/mol. The normalized spacial score (nSPS) is 17.4. The van der Waals surface area contributed by atoms with E-state index in [0.29, 0.717) is 30.9 Å². The molecule has 1 fully saturated rings. The van der Waals surface area contributed by atoms with Crippen LogP contribution >= 0.6 is 11.8 Å². The molecule has 0 aliphatic carbocycles. The van der Waals surface area contributed by atoms with E-state index in [4.69, 9.17) is 0 Å². The summed E-state index contributed by atoms with van der Waals surface area (Å²) in [5, 5.41) is 0. The van der Waals surface area contributed by atoms with Crippen LogP contribution in [0.25, 0.3) is 0 Å². The van der Waals surface area contributed by atoms with Gasteiger partial charge in [0.05, 0.1) is 13.0 Å². The van der Waals surface area contributed by atoms with Gasteiger partial charge in [-0.25, -0.2) is 0 Å². The zero-order chi connectivity index (χ0) is 12.8. The smallest absolute Gasteiger partial charge is 0.309 e. The molecule has 1 unspecified atom stereocenters. The summed E-state index contributed by atoms with van der Waals surface area (Å²) >= 11 is 1.55. The Morgan fingerprint density at radius 3 is 2.53 bits per heavy atom. The van der Waals surface area contributed by atoms with E-state index in [-0.39, 0.29) is 23.7 Å². The van der Waals surface area contributed by atoms with Crippen LogP contribution in [0.4, 0.5) is 0 Å². The van der Waals surface area contributed by atoms with Gasteiger partial charge < -0.3 is 4.74 Å². The molecule has 2 amide bonds. The van der Waals surface area contributed by atoms with Crippen LogP contribution in [0.2, 0.25) is 0 Å². The van der Waals surface area contributed by atoms with Crippen molar-refractivity contribution in [1.29, 1.82) is 0 Å². The van der Waals surface area contributed by atoms with Crippen LogP contribution < -0.4 is 0 Å². The number of ether oxygens (including phenoxy) is 1. The molecule has 0 aromatic rings. The zero-order valence-corrected chi connectivity index (χ0v) is 10.9. The SMILES string of the molecule is COC(=O)C(C)CSCCN1C(=O)CCC1=O. The number of rotatable bonds is 6. The van der Waals surface area contributed by atoms with E-state index in [1.807, 2.05) is 0 Å². The van der Waals surface area contributed by atoms with Gasteiger partial charge in [-0.05, 0) is 0 Å². The van der Waals surface area contributed by atoms with Crippen molar-refractivity contribution in [2.75, 3.05) is 25.2 Å². The molecular formula is C11H17NO4S. The third-order valence-electron chi connectivity index (χ3n) is 2.59. The second-order valence-corrected chi connectivity index (χ2v) is 5.09. The number of amides is 2. The molecule has 1 aliphatic rings. The van der Waals surface area contributed by atoms with Crippen molar-refractivity contribution in [3.63, 3.8) is 0 Å². The first kappa shape index (κ1) is 14.0. The summed E-state index contributed by atoms with van der Waals surface area (Å²) in [6.07, 6.45) is 0.671. The number of carbonyl (C=O) groups is 3. The van der Waals surface area contributed by atoms with Crippen LogP contribution in [0, 0.1) is 5.92 Å². The Morgan fingerprint density at radius 1 is 1.41 bits per heavy atom. The van der Waals surface area contributed by atoms with Gasteiger partial charge in [0.25, 0.3) is 0 Å². The van der Waals surface area contributed by atoms with E-state index in [2.05, 4.69) is 4.74 Å². The molecule has 1 rings (SSSR count). The number of methoxy groups -OCH3 is 1. The fourth-order valence-corrected chi connectivity index (χ4v) is 2.53. The van der Waals surface area contributed by atoms with E-state index in [0.717, 1.165) is 0 Å². The average molecular weight is 259 g/mol. The molecule has 1 saturated heterocycles. The number of hydrogen-bond acceptors (Lipinski definition) is 5. The summed E-state index contributed by atoms with van der Waals surface area (Å²) in [6, 6.07) is 0. The topological polar surface area (TPSA) is 63.7 Å². The fourth-order valence-electron chi connectivity index (χ4n) is 1.56. The number of imide groups is 1. The standard InChI is InChI=1S/C11H17NO4S/c1-8(11(15)16-2)7-17-6-5-12-9(13)3-4-10(12)14/h8H,3-7H2,1-2H3. The Balaban J connectivity index is 2.18. The van der Waals surface area contributed by atoms with E-state index in [1.165, 1.54) is 12.0 Å². The molecule has 5 nitrogen and oxygen atoms in total. The van der Waals surface area contributed by atoms with Crippen LogP contribution in [0.1, 0.15) is 19.8 Å². The highest BCUT2D eigenvalue weighted by atomic mass is 32.2. The summed E-state index contributed by atoms with van der Waals surface area (Å²) in [4.78, 5) is 35.0. The summed E-state index contributed by atoms with van der Waals surface area (Å²) < 4.78 is 4.61. The van der Waals surface area contributed by atoms with Gasteiger partial charge in [-0.1, -0.05) is 6.92 Å². The third kappa shape index (κ3) is 4.03. The first-order valence-electron chi connectivity index (χ1n) is 5.55. The Morgan fingerprint density at radius 2 is 2.00 bits per heavy atom. The van der Waals surface area contributed by atoms with E-state index >= 15 is 0 Å². The number of hydrogen-bond donors (Lipinski definition) is 0. The van der Waals surface area contributed by atoms with Crippen LogP contribution in [-0.4, -0.2) is 47.8 Å². The molecule has 1 aliphatic heterocycles. The highest BCUT2D eigenvalue weighted by molar-refractivity contribution is 7.99. The van der Waals surface area contributed by atoms with Gasteiger partial charge >= 0.3 is 5.97 Å². The molecule has 96 valence electrons. The average Bonchev–Trinajstić information content (AvgIpc) is 2.64. The lowest BCUT2D eigenvalue weighted by Gasteiger charge is -2.14.